The quantitative estimate of drug-likeness (QED) is 0.170. The summed E-state index contributed by atoms with van der Waals surface area (Å²) in [6.45, 7) is 0. The Morgan fingerprint density at radius 3 is 1.46 bits per heavy atom. The van der Waals surface area contributed by atoms with Gasteiger partial charge in [-0.05, 0) is 59.7 Å². The number of rotatable bonds is 5. The van der Waals surface area contributed by atoms with Crippen LogP contribution in [0.25, 0.3) is 100 Å². The van der Waals surface area contributed by atoms with Gasteiger partial charge in [-0.3, -0.25) is 0 Å². The minimum Gasteiger partial charge on any atom is -0.248 e. The van der Waals surface area contributed by atoms with Crippen LogP contribution in [0.1, 0.15) is 0 Å². The van der Waals surface area contributed by atoms with Gasteiger partial charge in [0, 0.05) is 50.6 Å². The van der Waals surface area contributed by atoms with Crippen LogP contribution in [0.5, 0.6) is 0 Å². The van der Waals surface area contributed by atoms with Crippen molar-refractivity contribution in [3.05, 3.63) is 170 Å². The van der Waals surface area contributed by atoms with Crippen LogP contribution in [-0.2, 0) is 0 Å². The van der Waals surface area contributed by atoms with Crippen molar-refractivity contribution in [2.45, 2.75) is 0 Å². The summed E-state index contributed by atoms with van der Waals surface area (Å²) in [7, 11) is 0. The Morgan fingerprint density at radius 1 is 0.288 bits per heavy atom. The van der Waals surface area contributed by atoms with Crippen molar-refractivity contribution in [2.75, 3.05) is 0 Å². The van der Waals surface area contributed by atoms with Crippen molar-refractivity contribution in [1.82, 2.24) is 29.9 Å². The standard InChI is InChI=1S/C46H28N6/c1-2-5-29(6-3-1)39-20-16-33-12-13-34-17-21-40(52-45(34)44(33)51-39)31-9-7-30(8-10-31)38-23-19-37-27-35(18-22-41(37)49-38)36-14-11-32-15-24-42(50-43(32)28-36)46-47-25-4-26-48-46/h1-28H. The highest BCUT2D eigenvalue weighted by Crippen LogP contribution is 2.32. The van der Waals surface area contributed by atoms with Crippen LogP contribution in [0.4, 0.5) is 0 Å². The Hall–Kier alpha value is -7.18. The lowest BCUT2D eigenvalue weighted by Crippen LogP contribution is -1.91. The number of aromatic nitrogens is 6. The molecule has 5 aromatic heterocycles. The minimum absolute atomic E-state index is 0.617. The SMILES string of the molecule is c1ccc(-c2ccc3ccc4ccc(-c5ccc(-c6ccc7cc(-c8ccc9ccc(-c%10ncccn%10)nc9c8)ccc7n6)cc5)nc4c3n2)cc1. The zero-order chi connectivity index (χ0) is 34.4. The molecule has 5 heterocycles. The lowest BCUT2D eigenvalue weighted by Gasteiger charge is -2.09. The summed E-state index contributed by atoms with van der Waals surface area (Å²) in [6.07, 6.45) is 3.47. The van der Waals surface area contributed by atoms with Gasteiger partial charge in [0.25, 0.3) is 0 Å². The number of hydrogen-bond donors (Lipinski definition) is 0. The van der Waals surface area contributed by atoms with Gasteiger partial charge in [-0.25, -0.2) is 29.9 Å². The molecule has 0 aliphatic carbocycles. The van der Waals surface area contributed by atoms with Gasteiger partial charge in [0.2, 0.25) is 0 Å². The highest BCUT2D eigenvalue weighted by atomic mass is 14.9. The van der Waals surface area contributed by atoms with Gasteiger partial charge in [0.1, 0.15) is 5.69 Å². The van der Waals surface area contributed by atoms with Crippen LogP contribution in [0.3, 0.4) is 0 Å². The Balaban J connectivity index is 0.938. The fraction of sp³-hybridized carbons (Fsp3) is 0. The molecule has 5 aromatic carbocycles. The fourth-order valence-electron chi connectivity index (χ4n) is 6.83. The second kappa shape index (κ2) is 12.3. The third-order valence-electron chi connectivity index (χ3n) is 9.58. The summed E-state index contributed by atoms with van der Waals surface area (Å²) in [5, 5.41) is 4.29. The second-order valence-corrected chi connectivity index (χ2v) is 12.8. The summed E-state index contributed by atoms with van der Waals surface area (Å²) >= 11 is 0. The van der Waals surface area contributed by atoms with Gasteiger partial charge in [-0.15, -0.1) is 0 Å². The predicted octanol–water partition coefficient (Wildman–Crippen LogP) is 11.0. The first-order valence-corrected chi connectivity index (χ1v) is 17.2. The molecule has 0 spiro atoms. The van der Waals surface area contributed by atoms with Gasteiger partial charge < -0.3 is 0 Å². The molecule has 0 fully saturated rings. The summed E-state index contributed by atoms with van der Waals surface area (Å²) in [4.78, 5) is 28.8. The first kappa shape index (κ1) is 29.7. The van der Waals surface area contributed by atoms with E-state index in [1.165, 1.54) is 0 Å². The molecule has 0 unspecified atom stereocenters. The van der Waals surface area contributed by atoms with Crippen molar-refractivity contribution < 1.29 is 0 Å². The normalized spacial score (nSPS) is 11.5. The Labute approximate surface area is 299 Å². The molecule has 10 aromatic rings. The summed E-state index contributed by atoms with van der Waals surface area (Å²) in [5.74, 6) is 0.617. The number of pyridine rings is 4. The van der Waals surface area contributed by atoms with Gasteiger partial charge in [0.15, 0.2) is 5.82 Å². The number of benzene rings is 5. The maximum Gasteiger partial charge on any atom is 0.178 e. The molecule has 0 aliphatic rings. The Bertz CT molecular complexity index is 2940. The topological polar surface area (TPSA) is 77.3 Å². The molecule has 6 nitrogen and oxygen atoms in total. The maximum absolute atomic E-state index is 5.13. The van der Waals surface area contributed by atoms with Crippen LogP contribution < -0.4 is 0 Å². The van der Waals surface area contributed by atoms with Crippen molar-refractivity contribution in [1.29, 1.82) is 0 Å². The van der Waals surface area contributed by atoms with E-state index < -0.39 is 0 Å². The minimum atomic E-state index is 0.617. The van der Waals surface area contributed by atoms with Gasteiger partial charge in [-0.2, -0.15) is 0 Å². The van der Waals surface area contributed by atoms with Gasteiger partial charge in [0.05, 0.1) is 39.1 Å². The molecule has 0 N–H and O–H groups in total. The van der Waals surface area contributed by atoms with E-state index in [1.54, 1.807) is 18.5 Å². The second-order valence-electron chi connectivity index (χ2n) is 12.8. The third kappa shape index (κ3) is 5.39. The largest absolute Gasteiger partial charge is 0.248 e. The molecule has 0 bridgehead atoms. The van der Waals surface area contributed by atoms with Crippen LogP contribution in [0.15, 0.2) is 170 Å². The fourth-order valence-corrected chi connectivity index (χ4v) is 6.83. The van der Waals surface area contributed by atoms with E-state index in [1.807, 2.05) is 24.3 Å². The van der Waals surface area contributed by atoms with E-state index in [0.717, 1.165) is 94.2 Å². The molecule has 0 saturated carbocycles. The van der Waals surface area contributed by atoms with E-state index in [-0.39, 0.29) is 0 Å². The van der Waals surface area contributed by atoms with E-state index >= 15 is 0 Å². The van der Waals surface area contributed by atoms with E-state index in [0.29, 0.717) is 5.82 Å². The molecule has 0 saturated heterocycles. The van der Waals surface area contributed by atoms with Crippen molar-refractivity contribution in [3.63, 3.8) is 0 Å². The predicted molar refractivity (Wildman–Crippen MR) is 210 cm³/mol. The smallest absolute Gasteiger partial charge is 0.178 e. The maximum atomic E-state index is 5.13. The van der Waals surface area contributed by atoms with Crippen molar-refractivity contribution in [2.24, 2.45) is 0 Å². The summed E-state index contributed by atoms with van der Waals surface area (Å²) in [5.41, 5.74) is 12.6. The lowest BCUT2D eigenvalue weighted by atomic mass is 10.0. The first-order chi connectivity index (χ1) is 25.7. The number of nitrogens with zero attached hydrogens (tertiary/aromatic N) is 6. The average Bonchev–Trinajstić information content (AvgIpc) is 3.23. The molecule has 10 rings (SSSR count). The highest BCUT2D eigenvalue weighted by Gasteiger charge is 2.11. The van der Waals surface area contributed by atoms with E-state index in [9.17, 15) is 0 Å². The lowest BCUT2D eigenvalue weighted by molar-refractivity contribution is 1.15. The van der Waals surface area contributed by atoms with Gasteiger partial charge >= 0.3 is 0 Å². The van der Waals surface area contributed by atoms with Crippen LogP contribution in [-0.4, -0.2) is 29.9 Å². The first-order valence-electron chi connectivity index (χ1n) is 17.2. The van der Waals surface area contributed by atoms with Crippen molar-refractivity contribution in [3.8, 4) is 56.4 Å². The zero-order valence-electron chi connectivity index (χ0n) is 27.8. The molecule has 0 radical (unpaired) electrons. The molecule has 242 valence electrons. The number of fused-ring (bicyclic) bond motifs is 5. The summed E-state index contributed by atoms with van der Waals surface area (Å²) < 4.78 is 0. The molecule has 0 aliphatic heterocycles. The molecule has 0 atom stereocenters. The molecule has 6 heteroatoms. The van der Waals surface area contributed by atoms with Crippen molar-refractivity contribution >= 4 is 43.6 Å². The average molecular weight is 665 g/mol. The van der Waals surface area contributed by atoms with Gasteiger partial charge in [-0.1, -0.05) is 109 Å². The van der Waals surface area contributed by atoms with Crippen LogP contribution >= 0.6 is 0 Å². The Kier molecular flexibility index (Phi) is 7.03. The molecule has 0 amide bonds. The summed E-state index contributed by atoms with van der Waals surface area (Å²) in [6, 6.07) is 54.2. The zero-order valence-corrected chi connectivity index (χ0v) is 27.8. The Morgan fingerprint density at radius 2 is 0.769 bits per heavy atom. The molecule has 52 heavy (non-hydrogen) atoms. The van der Waals surface area contributed by atoms with E-state index in [2.05, 4.69) is 137 Å². The van der Waals surface area contributed by atoms with Crippen LogP contribution in [0, 0.1) is 0 Å². The number of hydrogen-bond acceptors (Lipinski definition) is 6. The molecular weight excluding hydrogens is 637 g/mol. The molecular formula is C46H28N6. The highest BCUT2D eigenvalue weighted by molar-refractivity contribution is 6.04. The monoisotopic (exact) mass is 664 g/mol. The van der Waals surface area contributed by atoms with E-state index in [4.69, 9.17) is 19.9 Å². The van der Waals surface area contributed by atoms with Crippen LogP contribution in [0.2, 0.25) is 0 Å². The third-order valence-corrected chi connectivity index (χ3v) is 9.58.